The Balaban J connectivity index is 1.48. The van der Waals surface area contributed by atoms with Gasteiger partial charge in [-0.05, 0) is 43.1 Å². The van der Waals surface area contributed by atoms with Gasteiger partial charge in [-0.15, -0.1) is 0 Å². The summed E-state index contributed by atoms with van der Waals surface area (Å²) in [6.07, 6.45) is 1.29. The van der Waals surface area contributed by atoms with E-state index in [0.29, 0.717) is 6.61 Å². The average Bonchev–Trinajstić information content (AvgIpc) is 2.92. The minimum atomic E-state index is -0.516. The molecule has 1 heterocycles. The van der Waals surface area contributed by atoms with Crippen LogP contribution in [-0.2, 0) is 12.0 Å². The highest BCUT2D eigenvalue weighted by molar-refractivity contribution is 5.45. The predicted molar refractivity (Wildman–Crippen MR) is 105 cm³/mol. The van der Waals surface area contributed by atoms with E-state index in [1.807, 2.05) is 30.3 Å². The van der Waals surface area contributed by atoms with E-state index >= 15 is 0 Å². The summed E-state index contributed by atoms with van der Waals surface area (Å²) in [4.78, 5) is 2.41. The first-order valence-corrected chi connectivity index (χ1v) is 9.73. The van der Waals surface area contributed by atoms with Crippen molar-refractivity contribution in [2.24, 2.45) is 5.73 Å². The summed E-state index contributed by atoms with van der Waals surface area (Å²) in [5.41, 5.74) is 9.56. The Hall–Kier alpha value is -1.92. The third kappa shape index (κ3) is 3.25. The zero-order valence-corrected chi connectivity index (χ0v) is 15.6. The monoisotopic (exact) mass is 368 g/mol. The average molecular weight is 368 g/mol. The van der Waals surface area contributed by atoms with Gasteiger partial charge in [0.15, 0.2) is 0 Å². The molecule has 27 heavy (non-hydrogen) atoms. The van der Waals surface area contributed by atoms with Gasteiger partial charge >= 0.3 is 0 Å². The van der Waals surface area contributed by atoms with Crippen LogP contribution in [0.2, 0.25) is 0 Å². The van der Waals surface area contributed by atoms with Crippen LogP contribution in [0.25, 0.3) is 0 Å². The molecular formula is C22H28N2O3. The Morgan fingerprint density at radius 1 is 1.07 bits per heavy atom. The SMILES string of the molecule is N[C@@H]1c2ccccc2C2(CCN(Cc3ccccc3OCCO)CC2)[C@H]1O. The van der Waals surface area contributed by atoms with Crippen LogP contribution in [0, 0.1) is 0 Å². The Bertz CT molecular complexity index is 787. The summed E-state index contributed by atoms with van der Waals surface area (Å²) in [5, 5.41) is 19.9. The number of nitrogens with two attached hydrogens (primary N) is 1. The second kappa shape index (κ2) is 7.60. The van der Waals surface area contributed by atoms with Gasteiger partial charge in [-0.3, -0.25) is 4.90 Å². The molecule has 1 aliphatic heterocycles. The Kier molecular flexibility index (Phi) is 5.19. The molecule has 1 spiro atoms. The molecule has 1 fully saturated rings. The summed E-state index contributed by atoms with van der Waals surface area (Å²) in [7, 11) is 0. The van der Waals surface area contributed by atoms with Crippen molar-refractivity contribution in [3.8, 4) is 5.75 Å². The van der Waals surface area contributed by atoms with Gasteiger partial charge < -0.3 is 20.7 Å². The predicted octanol–water partition coefficient (Wildman–Crippen LogP) is 1.97. The third-order valence-corrected chi connectivity index (χ3v) is 6.23. The lowest BCUT2D eigenvalue weighted by atomic mass is 9.72. The lowest BCUT2D eigenvalue weighted by Gasteiger charge is -2.42. The largest absolute Gasteiger partial charge is 0.491 e. The van der Waals surface area contributed by atoms with E-state index in [0.717, 1.165) is 49.4 Å². The van der Waals surface area contributed by atoms with Gasteiger partial charge in [-0.2, -0.15) is 0 Å². The Labute approximate surface area is 160 Å². The van der Waals surface area contributed by atoms with Crippen molar-refractivity contribution in [3.05, 3.63) is 65.2 Å². The van der Waals surface area contributed by atoms with Crippen molar-refractivity contribution in [2.45, 2.75) is 36.9 Å². The topological polar surface area (TPSA) is 79.0 Å². The summed E-state index contributed by atoms with van der Waals surface area (Å²) in [5.74, 6) is 0.833. The molecule has 2 aromatic rings. The molecular weight excluding hydrogens is 340 g/mol. The van der Waals surface area contributed by atoms with Crippen LogP contribution < -0.4 is 10.5 Å². The number of likely N-dealkylation sites (tertiary alicyclic amines) is 1. The number of nitrogens with zero attached hydrogens (tertiary/aromatic N) is 1. The Morgan fingerprint density at radius 3 is 2.56 bits per heavy atom. The molecule has 0 unspecified atom stereocenters. The van der Waals surface area contributed by atoms with Gasteiger partial charge in [0, 0.05) is 17.5 Å². The van der Waals surface area contributed by atoms with E-state index in [9.17, 15) is 5.11 Å². The Morgan fingerprint density at radius 2 is 1.78 bits per heavy atom. The third-order valence-electron chi connectivity index (χ3n) is 6.23. The van der Waals surface area contributed by atoms with Crippen molar-refractivity contribution >= 4 is 0 Å². The van der Waals surface area contributed by atoms with E-state index in [2.05, 4.69) is 23.1 Å². The van der Waals surface area contributed by atoms with Gasteiger partial charge in [0.2, 0.25) is 0 Å². The lowest BCUT2D eigenvalue weighted by Crippen LogP contribution is -2.48. The van der Waals surface area contributed by atoms with E-state index in [4.69, 9.17) is 15.6 Å². The normalized spacial score (nSPS) is 24.1. The number of piperidine rings is 1. The van der Waals surface area contributed by atoms with Gasteiger partial charge in [-0.25, -0.2) is 0 Å². The number of hydrogen-bond acceptors (Lipinski definition) is 5. The number of aliphatic hydroxyl groups is 2. The number of aliphatic hydroxyl groups excluding tert-OH is 2. The molecule has 1 aliphatic carbocycles. The summed E-state index contributed by atoms with van der Waals surface area (Å²) < 4.78 is 5.67. The highest BCUT2D eigenvalue weighted by Crippen LogP contribution is 2.50. The number of ether oxygens (including phenoxy) is 1. The molecule has 1 saturated heterocycles. The number of rotatable bonds is 5. The molecule has 0 saturated carbocycles. The van der Waals surface area contributed by atoms with Gasteiger partial charge in [0.25, 0.3) is 0 Å². The zero-order chi connectivity index (χ0) is 18.9. The maximum Gasteiger partial charge on any atom is 0.123 e. The summed E-state index contributed by atoms with van der Waals surface area (Å²) in [6, 6.07) is 15.9. The van der Waals surface area contributed by atoms with Crippen LogP contribution in [0.5, 0.6) is 5.75 Å². The first-order valence-electron chi connectivity index (χ1n) is 9.73. The second-order valence-corrected chi connectivity index (χ2v) is 7.67. The maximum absolute atomic E-state index is 10.9. The van der Waals surface area contributed by atoms with Crippen molar-refractivity contribution in [1.82, 2.24) is 4.90 Å². The van der Waals surface area contributed by atoms with Crippen LogP contribution in [0.3, 0.4) is 0 Å². The molecule has 144 valence electrons. The van der Waals surface area contributed by atoms with Crippen molar-refractivity contribution < 1.29 is 14.9 Å². The van der Waals surface area contributed by atoms with Crippen molar-refractivity contribution in [3.63, 3.8) is 0 Å². The standard InChI is InChI=1S/C22H28N2O3/c23-20-17-6-2-3-7-18(17)22(21(20)26)9-11-24(12-10-22)15-16-5-1-4-8-19(16)27-14-13-25/h1-8,20-21,25-26H,9-15,23H2/t20-,21+/m1/s1. The van der Waals surface area contributed by atoms with Crippen LogP contribution in [-0.4, -0.2) is 47.5 Å². The van der Waals surface area contributed by atoms with E-state index < -0.39 is 6.10 Å². The number of para-hydroxylation sites is 1. The fourth-order valence-corrected chi connectivity index (χ4v) is 4.76. The highest BCUT2D eigenvalue weighted by Gasteiger charge is 2.51. The van der Waals surface area contributed by atoms with Gasteiger partial charge in [-0.1, -0.05) is 42.5 Å². The first-order chi connectivity index (χ1) is 13.2. The zero-order valence-electron chi connectivity index (χ0n) is 15.6. The maximum atomic E-state index is 10.9. The molecule has 0 bridgehead atoms. The molecule has 0 radical (unpaired) electrons. The van der Waals surface area contributed by atoms with E-state index in [1.54, 1.807) is 0 Å². The summed E-state index contributed by atoms with van der Waals surface area (Å²) >= 11 is 0. The summed E-state index contributed by atoms with van der Waals surface area (Å²) in [6.45, 7) is 2.94. The molecule has 5 nitrogen and oxygen atoms in total. The van der Waals surface area contributed by atoms with Gasteiger partial charge in [0.05, 0.1) is 18.8 Å². The smallest absolute Gasteiger partial charge is 0.123 e. The fourth-order valence-electron chi connectivity index (χ4n) is 4.76. The second-order valence-electron chi connectivity index (χ2n) is 7.67. The number of fused-ring (bicyclic) bond motifs is 2. The molecule has 2 atom stereocenters. The molecule has 4 rings (SSSR count). The van der Waals surface area contributed by atoms with Crippen LogP contribution in [0.1, 0.15) is 35.6 Å². The molecule has 2 aliphatic rings. The molecule has 5 heteroatoms. The van der Waals surface area contributed by atoms with Crippen LogP contribution >= 0.6 is 0 Å². The molecule has 0 aromatic heterocycles. The fraction of sp³-hybridized carbons (Fsp3) is 0.455. The minimum absolute atomic E-state index is 0.0120. The van der Waals surface area contributed by atoms with Crippen LogP contribution in [0.15, 0.2) is 48.5 Å². The van der Waals surface area contributed by atoms with E-state index in [-0.39, 0.29) is 18.1 Å². The number of benzene rings is 2. The van der Waals surface area contributed by atoms with Crippen molar-refractivity contribution in [1.29, 1.82) is 0 Å². The van der Waals surface area contributed by atoms with Gasteiger partial charge in [0.1, 0.15) is 12.4 Å². The highest BCUT2D eigenvalue weighted by atomic mass is 16.5. The first kappa shape index (κ1) is 18.4. The van der Waals surface area contributed by atoms with Crippen molar-refractivity contribution in [2.75, 3.05) is 26.3 Å². The molecule has 4 N–H and O–H groups in total. The quantitative estimate of drug-likeness (QED) is 0.752. The lowest BCUT2D eigenvalue weighted by molar-refractivity contribution is 0.0269. The van der Waals surface area contributed by atoms with Crippen LogP contribution in [0.4, 0.5) is 0 Å². The molecule has 0 amide bonds. The number of hydrogen-bond donors (Lipinski definition) is 3. The molecule has 2 aromatic carbocycles. The van der Waals surface area contributed by atoms with E-state index in [1.165, 1.54) is 5.56 Å². The minimum Gasteiger partial charge on any atom is -0.491 e.